The van der Waals surface area contributed by atoms with Crippen LogP contribution in [0.2, 0.25) is 0 Å². The molecule has 1 saturated heterocycles. The SMILES string of the molecule is COc1ccc(C2(C#N)CC3CC(C(=O)O)CC3C2)cc1OCCN1CCOCC1. The van der Waals surface area contributed by atoms with Gasteiger partial charge in [0, 0.05) is 19.6 Å². The van der Waals surface area contributed by atoms with E-state index >= 15 is 0 Å². The third-order valence-corrected chi connectivity index (χ3v) is 7.11. The van der Waals surface area contributed by atoms with Gasteiger partial charge in [-0.25, -0.2) is 0 Å². The van der Waals surface area contributed by atoms with Crippen LogP contribution in [0.4, 0.5) is 0 Å². The van der Waals surface area contributed by atoms with Crippen LogP contribution < -0.4 is 9.47 Å². The molecule has 3 fully saturated rings. The molecule has 1 heterocycles. The minimum Gasteiger partial charge on any atom is -0.493 e. The maximum absolute atomic E-state index is 11.4. The van der Waals surface area contributed by atoms with Crippen LogP contribution in [-0.2, 0) is 14.9 Å². The summed E-state index contributed by atoms with van der Waals surface area (Å²) < 4.78 is 16.9. The minimum absolute atomic E-state index is 0.258. The molecule has 2 saturated carbocycles. The lowest BCUT2D eigenvalue weighted by Crippen LogP contribution is -2.38. The van der Waals surface area contributed by atoms with Gasteiger partial charge in [0.1, 0.15) is 6.61 Å². The third kappa shape index (κ3) is 4.12. The van der Waals surface area contributed by atoms with Gasteiger partial charge in [0.15, 0.2) is 11.5 Å². The number of methoxy groups -OCH3 is 1. The van der Waals surface area contributed by atoms with Gasteiger partial charge in [-0.1, -0.05) is 6.07 Å². The zero-order chi connectivity index (χ0) is 21.1. The van der Waals surface area contributed by atoms with Crippen LogP contribution in [0.5, 0.6) is 11.5 Å². The van der Waals surface area contributed by atoms with Crippen LogP contribution >= 0.6 is 0 Å². The van der Waals surface area contributed by atoms with Crippen molar-refractivity contribution in [1.82, 2.24) is 4.90 Å². The topological polar surface area (TPSA) is 92.0 Å². The van der Waals surface area contributed by atoms with Gasteiger partial charge in [0.05, 0.1) is 37.7 Å². The van der Waals surface area contributed by atoms with E-state index in [2.05, 4.69) is 11.0 Å². The van der Waals surface area contributed by atoms with Crippen LogP contribution in [0.15, 0.2) is 18.2 Å². The number of carboxylic acid groups (broad SMARTS) is 1. The molecule has 2 unspecified atom stereocenters. The van der Waals surface area contributed by atoms with Crippen molar-refractivity contribution in [2.45, 2.75) is 31.1 Å². The molecule has 4 rings (SSSR count). The predicted molar refractivity (Wildman–Crippen MR) is 110 cm³/mol. The second-order valence-corrected chi connectivity index (χ2v) is 8.80. The number of morpholine rings is 1. The second kappa shape index (κ2) is 8.83. The van der Waals surface area contributed by atoms with Crippen molar-refractivity contribution in [1.29, 1.82) is 5.26 Å². The summed E-state index contributed by atoms with van der Waals surface area (Å²) in [7, 11) is 1.62. The first-order valence-corrected chi connectivity index (χ1v) is 10.8. The number of carboxylic acids is 1. The van der Waals surface area contributed by atoms with E-state index in [-0.39, 0.29) is 5.92 Å². The molecule has 0 bridgehead atoms. The highest BCUT2D eigenvalue weighted by molar-refractivity contribution is 5.70. The maximum Gasteiger partial charge on any atom is 0.306 e. The molecule has 1 aromatic carbocycles. The van der Waals surface area contributed by atoms with Gasteiger partial charge in [-0.3, -0.25) is 9.69 Å². The van der Waals surface area contributed by atoms with E-state index in [1.165, 1.54) is 0 Å². The average molecular weight is 415 g/mol. The normalized spacial score (nSPS) is 31.1. The second-order valence-electron chi connectivity index (χ2n) is 8.80. The summed E-state index contributed by atoms with van der Waals surface area (Å²) in [5.41, 5.74) is 0.376. The molecule has 0 amide bonds. The van der Waals surface area contributed by atoms with E-state index in [1.54, 1.807) is 7.11 Å². The molecule has 0 spiro atoms. The molecule has 0 aromatic heterocycles. The van der Waals surface area contributed by atoms with Crippen LogP contribution in [0.1, 0.15) is 31.2 Å². The first-order valence-electron chi connectivity index (χ1n) is 10.8. The van der Waals surface area contributed by atoms with Gasteiger partial charge in [-0.05, 0) is 55.2 Å². The fourth-order valence-electron chi connectivity index (χ4n) is 5.48. The number of carbonyl (C=O) groups is 1. The number of nitriles is 1. The summed E-state index contributed by atoms with van der Waals surface area (Å²) in [5, 5.41) is 19.4. The predicted octanol–water partition coefficient (Wildman–Crippen LogP) is 2.69. The highest BCUT2D eigenvalue weighted by atomic mass is 16.5. The summed E-state index contributed by atoms with van der Waals surface area (Å²) in [5.74, 6) is 0.979. The van der Waals surface area contributed by atoms with E-state index < -0.39 is 11.4 Å². The molecular weight excluding hydrogens is 384 g/mol. The number of ether oxygens (including phenoxy) is 3. The minimum atomic E-state index is -0.702. The highest BCUT2D eigenvalue weighted by Gasteiger charge is 2.52. The van der Waals surface area contributed by atoms with Crippen LogP contribution in [0, 0.1) is 29.1 Å². The van der Waals surface area contributed by atoms with Gasteiger partial charge < -0.3 is 19.3 Å². The van der Waals surface area contributed by atoms with Gasteiger partial charge in [0.2, 0.25) is 0 Å². The smallest absolute Gasteiger partial charge is 0.306 e. The number of hydrogen-bond donors (Lipinski definition) is 1. The molecule has 0 radical (unpaired) electrons. The fourth-order valence-corrected chi connectivity index (χ4v) is 5.48. The zero-order valence-corrected chi connectivity index (χ0v) is 17.5. The van der Waals surface area contributed by atoms with E-state index in [4.69, 9.17) is 14.2 Å². The Morgan fingerprint density at radius 3 is 2.57 bits per heavy atom. The molecule has 3 aliphatic rings. The zero-order valence-electron chi connectivity index (χ0n) is 17.5. The quantitative estimate of drug-likeness (QED) is 0.733. The standard InChI is InChI=1S/C23H30N2O5/c1-28-20-3-2-19(12-21(20)30-9-6-25-4-7-29-8-5-25)23(15-24)13-17-10-16(22(26)27)11-18(17)14-23/h2-3,12,16-18H,4-11,13-14H2,1H3,(H,26,27). The Labute approximate surface area is 177 Å². The summed E-state index contributed by atoms with van der Waals surface area (Å²) in [6.45, 7) is 4.71. The third-order valence-electron chi connectivity index (χ3n) is 7.11. The summed E-state index contributed by atoms with van der Waals surface area (Å²) >= 11 is 0. The Morgan fingerprint density at radius 2 is 1.97 bits per heavy atom. The number of nitrogens with zero attached hydrogens (tertiary/aromatic N) is 2. The number of rotatable bonds is 7. The fraction of sp³-hybridized carbons (Fsp3) is 0.652. The van der Waals surface area contributed by atoms with Crippen LogP contribution in [0.3, 0.4) is 0 Å². The molecule has 7 nitrogen and oxygen atoms in total. The van der Waals surface area contributed by atoms with E-state index in [0.29, 0.717) is 42.8 Å². The van der Waals surface area contributed by atoms with Crippen molar-refractivity contribution in [3.05, 3.63) is 23.8 Å². The lowest BCUT2D eigenvalue weighted by molar-refractivity contribution is -0.141. The molecule has 2 atom stereocenters. The Balaban J connectivity index is 1.46. The van der Waals surface area contributed by atoms with Crippen molar-refractivity contribution in [2.24, 2.45) is 17.8 Å². The largest absolute Gasteiger partial charge is 0.493 e. The Kier molecular flexibility index (Phi) is 6.16. The monoisotopic (exact) mass is 414 g/mol. The first-order chi connectivity index (χ1) is 14.5. The lowest BCUT2D eigenvalue weighted by Gasteiger charge is -2.27. The molecule has 7 heteroatoms. The lowest BCUT2D eigenvalue weighted by atomic mass is 9.77. The number of benzene rings is 1. The van der Waals surface area contributed by atoms with Crippen molar-refractivity contribution < 1.29 is 24.1 Å². The van der Waals surface area contributed by atoms with Gasteiger partial charge in [-0.2, -0.15) is 5.26 Å². The average Bonchev–Trinajstić information content (AvgIpc) is 3.31. The van der Waals surface area contributed by atoms with Gasteiger partial charge in [-0.15, -0.1) is 0 Å². The van der Waals surface area contributed by atoms with Crippen LogP contribution in [-0.4, -0.2) is 62.5 Å². The van der Waals surface area contributed by atoms with E-state index in [1.807, 2.05) is 18.2 Å². The molecule has 1 aromatic rings. The summed E-state index contributed by atoms with van der Waals surface area (Å²) in [6, 6.07) is 8.37. The Morgan fingerprint density at radius 1 is 1.27 bits per heavy atom. The van der Waals surface area contributed by atoms with Crippen molar-refractivity contribution in [2.75, 3.05) is 46.6 Å². The number of aliphatic carboxylic acids is 1. The van der Waals surface area contributed by atoms with Crippen LogP contribution in [0.25, 0.3) is 0 Å². The first kappa shape index (κ1) is 21.0. The number of hydrogen-bond acceptors (Lipinski definition) is 6. The van der Waals surface area contributed by atoms with Gasteiger partial charge in [0.25, 0.3) is 0 Å². The summed E-state index contributed by atoms with van der Waals surface area (Å²) in [4.78, 5) is 13.7. The van der Waals surface area contributed by atoms with E-state index in [0.717, 1.165) is 51.3 Å². The molecule has 1 N–H and O–H groups in total. The maximum atomic E-state index is 11.4. The Hall–Kier alpha value is -2.30. The molecule has 162 valence electrons. The van der Waals surface area contributed by atoms with Crippen molar-refractivity contribution >= 4 is 5.97 Å². The van der Waals surface area contributed by atoms with Crippen molar-refractivity contribution in [3.8, 4) is 17.6 Å². The van der Waals surface area contributed by atoms with E-state index in [9.17, 15) is 15.2 Å². The molecular formula is C23H30N2O5. The highest BCUT2D eigenvalue weighted by Crippen LogP contribution is 2.56. The molecule has 1 aliphatic heterocycles. The number of fused-ring (bicyclic) bond motifs is 1. The van der Waals surface area contributed by atoms with Crippen molar-refractivity contribution in [3.63, 3.8) is 0 Å². The van der Waals surface area contributed by atoms with Gasteiger partial charge >= 0.3 is 5.97 Å². The molecule has 30 heavy (non-hydrogen) atoms. The molecule has 2 aliphatic carbocycles. The Bertz CT molecular complexity index is 800. The summed E-state index contributed by atoms with van der Waals surface area (Å²) in [6.07, 6.45) is 2.81.